The topological polar surface area (TPSA) is 96.5 Å². The Morgan fingerprint density at radius 3 is 3.00 bits per heavy atom. The Morgan fingerprint density at radius 1 is 1.43 bits per heavy atom. The first kappa shape index (κ1) is 15.6. The van der Waals surface area contributed by atoms with Gasteiger partial charge in [-0.05, 0) is 30.4 Å². The molecule has 1 aliphatic heterocycles. The second kappa shape index (κ2) is 6.77. The number of hydrogen-bond donors (Lipinski definition) is 3. The Morgan fingerprint density at radius 2 is 2.24 bits per heavy atom. The van der Waals surface area contributed by atoms with Crippen LogP contribution in [0.15, 0.2) is 18.2 Å². The Kier molecular flexibility index (Phi) is 5.03. The maximum Gasteiger partial charge on any atom is 0.421 e. The molecule has 8 heteroatoms. The van der Waals surface area contributed by atoms with E-state index in [1.54, 1.807) is 4.72 Å². The second-order valence-electron chi connectivity index (χ2n) is 4.72. The SMILES string of the molecule is COC(=O)NS(=O)(=O)NCCc1cccc2c1NCCC2. The van der Waals surface area contributed by atoms with Crippen LogP contribution in [0.5, 0.6) is 0 Å². The summed E-state index contributed by atoms with van der Waals surface area (Å²) in [6.07, 6.45) is 1.66. The monoisotopic (exact) mass is 313 g/mol. The molecule has 1 aliphatic rings. The normalized spacial score (nSPS) is 14.0. The van der Waals surface area contributed by atoms with Crippen LogP contribution in [0.25, 0.3) is 0 Å². The molecule has 0 spiro atoms. The fraction of sp³-hybridized carbons (Fsp3) is 0.462. The smallest absolute Gasteiger partial charge is 0.421 e. The van der Waals surface area contributed by atoms with E-state index in [0.29, 0.717) is 6.42 Å². The molecule has 2 rings (SSSR count). The zero-order chi connectivity index (χ0) is 15.3. The van der Waals surface area contributed by atoms with E-state index in [0.717, 1.165) is 37.7 Å². The number of aryl methyl sites for hydroxylation is 1. The second-order valence-corrected chi connectivity index (χ2v) is 6.22. The summed E-state index contributed by atoms with van der Waals surface area (Å²) in [7, 11) is -2.78. The largest absolute Gasteiger partial charge is 0.452 e. The van der Waals surface area contributed by atoms with E-state index in [1.807, 2.05) is 12.1 Å². The van der Waals surface area contributed by atoms with E-state index in [4.69, 9.17) is 0 Å². The number of ether oxygens (including phenoxy) is 1. The van der Waals surface area contributed by atoms with Crippen molar-refractivity contribution in [1.29, 1.82) is 0 Å². The van der Waals surface area contributed by atoms with Crippen molar-refractivity contribution < 1.29 is 17.9 Å². The lowest BCUT2D eigenvalue weighted by Gasteiger charge is -2.21. The first-order chi connectivity index (χ1) is 10.0. The van der Waals surface area contributed by atoms with Gasteiger partial charge in [-0.3, -0.25) is 0 Å². The zero-order valence-electron chi connectivity index (χ0n) is 11.8. The van der Waals surface area contributed by atoms with Crippen molar-refractivity contribution in [3.63, 3.8) is 0 Å². The van der Waals surface area contributed by atoms with Crippen LogP contribution in [0.4, 0.5) is 10.5 Å². The summed E-state index contributed by atoms with van der Waals surface area (Å²) in [6.45, 7) is 1.13. The predicted octanol–water partition coefficient (Wildman–Crippen LogP) is 0.778. The van der Waals surface area contributed by atoms with Crippen LogP contribution in [0.1, 0.15) is 17.5 Å². The maximum absolute atomic E-state index is 11.5. The minimum Gasteiger partial charge on any atom is -0.452 e. The third kappa shape index (κ3) is 4.33. The highest BCUT2D eigenvalue weighted by Gasteiger charge is 2.15. The van der Waals surface area contributed by atoms with E-state index in [-0.39, 0.29) is 6.54 Å². The summed E-state index contributed by atoms with van der Waals surface area (Å²) < 4.78 is 31.4. The van der Waals surface area contributed by atoms with E-state index in [9.17, 15) is 13.2 Å². The molecule has 1 aromatic rings. The number of carbonyl (C=O) groups is 1. The van der Waals surface area contributed by atoms with E-state index in [1.165, 1.54) is 5.56 Å². The summed E-state index contributed by atoms with van der Waals surface area (Å²) in [4.78, 5) is 10.9. The molecule has 0 aliphatic carbocycles. The predicted molar refractivity (Wildman–Crippen MR) is 79.4 cm³/mol. The Balaban J connectivity index is 1.94. The van der Waals surface area contributed by atoms with Crippen molar-refractivity contribution in [3.8, 4) is 0 Å². The quantitative estimate of drug-likeness (QED) is 0.746. The fourth-order valence-corrected chi connectivity index (χ4v) is 3.04. The van der Waals surface area contributed by atoms with Crippen molar-refractivity contribution >= 4 is 22.0 Å². The van der Waals surface area contributed by atoms with Gasteiger partial charge in [-0.25, -0.2) is 9.52 Å². The van der Waals surface area contributed by atoms with Gasteiger partial charge in [0.15, 0.2) is 0 Å². The van der Waals surface area contributed by atoms with Crippen LogP contribution in [0.2, 0.25) is 0 Å². The summed E-state index contributed by atoms with van der Waals surface area (Å²) >= 11 is 0. The number of anilines is 1. The third-order valence-corrected chi connectivity index (χ3v) is 4.27. The molecule has 0 radical (unpaired) electrons. The highest BCUT2D eigenvalue weighted by molar-refractivity contribution is 7.88. The van der Waals surface area contributed by atoms with Crippen LogP contribution in [0, 0.1) is 0 Å². The number of carbonyl (C=O) groups excluding carboxylic acids is 1. The molecule has 0 aromatic heterocycles. The van der Waals surface area contributed by atoms with Crippen molar-refractivity contribution in [1.82, 2.24) is 9.44 Å². The standard InChI is InChI=1S/C13H19N3O4S/c1-20-13(17)16-21(18,19)15-9-7-11-5-2-4-10-6-3-8-14-12(10)11/h2,4-5,14-15H,3,6-9H2,1H3,(H,16,17). The molecule has 7 nitrogen and oxygen atoms in total. The highest BCUT2D eigenvalue weighted by atomic mass is 32.2. The van der Waals surface area contributed by atoms with Gasteiger partial charge in [0.2, 0.25) is 0 Å². The van der Waals surface area contributed by atoms with Crippen molar-refractivity contribution in [2.75, 3.05) is 25.5 Å². The Bertz CT molecular complexity index is 616. The minimum absolute atomic E-state index is 0.199. The van der Waals surface area contributed by atoms with Crippen LogP contribution in [0.3, 0.4) is 0 Å². The van der Waals surface area contributed by atoms with Gasteiger partial charge in [0.25, 0.3) is 0 Å². The number of fused-ring (bicyclic) bond motifs is 1. The van der Waals surface area contributed by atoms with Gasteiger partial charge in [0.05, 0.1) is 7.11 Å². The molecule has 0 saturated carbocycles. The number of para-hydroxylation sites is 1. The number of methoxy groups -OCH3 is 1. The zero-order valence-corrected chi connectivity index (χ0v) is 12.6. The van der Waals surface area contributed by atoms with Crippen molar-refractivity contribution in [2.45, 2.75) is 19.3 Å². The van der Waals surface area contributed by atoms with Gasteiger partial charge in [-0.1, -0.05) is 18.2 Å². The lowest BCUT2D eigenvalue weighted by Crippen LogP contribution is -2.41. The van der Waals surface area contributed by atoms with Gasteiger partial charge >= 0.3 is 16.3 Å². The van der Waals surface area contributed by atoms with Crippen LogP contribution in [-0.4, -0.2) is 34.7 Å². The average Bonchev–Trinajstić information content (AvgIpc) is 2.46. The Hall–Kier alpha value is -1.80. The van der Waals surface area contributed by atoms with E-state index in [2.05, 4.69) is 20.8 Å². The molecule has 1 aromatic carbocycles. The van der Waals surface area contributed by atoms with Crippen molar-refractivity contribution in [2.24, 2.45) is 0 Å². The van der Waals surface area contributed by atoms with E-state index < -0.39 is 16.3 Å². The molecular formula is C13H19N3O4S. The van der Waals surface area contributed by atoms with Crippen LogP contribution in [-0.2, 0) is 27.8 Å². The minimum atomic E-state index is -3.88. The number of rotatable bonds is 5. The first-order valence-corrected chi connectivity index (χ1v) is 8.20. The molecular weight excluding hydrogens is 294 g/mol. The third-order valence-electron chi connectivity index (χ3n) is 3.25. The molecule has 0 unspecified atom stereocenters. The number of benzene rings is 1. The molecule has 0 atom stereocenters. The van der Waals surface area contributed by atoms with Gasteiger partial charge in [0.1, 0.15) is 0 Å². The average molecular weight is 313 g/mol. The summed E-state index contributed by atoms with van der Waals surface area (Å²) in [5.41, 5.74) is 3.42. The summed E-state index contributed by atoms with van der Waals surface area (Å²) in [5.74, 6) is 0. The fourth-order valence-electron chi connectivity index (χ4n) is 2.30. The lowest BCUT2D eigenvalue weighted by molar-refractivity contribution is 0.177. The van der Waals surface area contributed by atoms with Crippen molar-refractivity contribution in [3.05, 3.63) is 29.3 Å². The van der Waals surface area contributed by atoms with Gasteiger partial charge in [0, 0.05) is 18.8 Å². The number of hydrogen-bond acceptors (Lipinski definition) is 5. The van der Waals surface area contributed by atoms with Gasteiger partial charge < -0.3 is 10.1 Å². The molecule has 0 bridgehead atoms. The van der Waals surface area contributed by atoms with Crippen LogP contribution < -0.4 is 14.8 Å². The summed E-state index contributed by atoms with van der Waals surface area (Å²) in [6, 6.07) is 6.02. The van der Waals surface area contributed by atoms with E-state index >= 15 is 0 Å². The Labute approximate surface area is 124 Å². The molecule has 3 N–H and O–H groups in total. The lowest BCUT2D eigenvalue weighted by atomic mass is 9.98. The highest BCUT2D eigenvalue weighted by Crippen LogP contribution is 2.26. The molecule has 0 saturated heterocycles. The number of nitrogens with one attached hydrogen (secondary N) is 3. The first-order valence-electron chi connectivity index (χ1n) is 6.72. The number of amides is 1. The molecule has 21 heavy (non-hydrogen) atoms. The molecule has 0 fully saturated rings. The molecule has 1 heterocycles. The molecule has 116 valence electrons. The molecule has 1 amide bonds. The maximum atomic E-state index is 11.5. The van der Waals surface area contributed by atoms with Gasteiger partial charge in [-0.2, -0.15) is 13.1 Å². The van der Waals surface area contributed by atoms with Crippen LogP contribution >= 0.6 is 0 Å². The van der Waals surface area contributed by atoms with Gasteiger partial charge in [-0.15, -0.1) is 0 Å². The summed E-state index contributed by atoms with van der Waals surface area (Å²) in [5, 5.41) is 3.35.